The van der Waals surface area contributed by atoms with E-state index in [-0.39, 0.29) is 12.6 Å². The highest BCUT2D eigenvalue weighted by Gasteiger charge is 2.17. The topological polar surface area (TPSA) is 53.4 Å². The van der Waals surface area contributed by atoms with Crippen molar-refractivity contribution >= 4 is 28.6 Å². The monoisotopic (exact) mass is 326 g/mol. The summed E-state index contributed by atoms with van der Waals surface area (Å²) >= 11 is 1.44. The zero-order chi connectivity index (χ0) is 15.8. The Balaban J connectivity index is 1.51. The number of imidazole rings is 1. The Hall–Kier alpha value is -2.47. The van der Waals surface area contributed by atoms with E-state index in [1.165, 1.54) is 11.8 Å². The average Bonchev–Trinajstić information content (AvgIpc) is 3.17. The third-order valence-electron chi connectivity index (χ3n) is 3.77. The van der Waals surface area contributed by atoms with Crippen LogP contribution in [-0.4, -0.2) is 27.9 Å². The molecular formula is C17H14N2O3S. The third kappa shape index (κ3) is 2.55. The summed E-state index contributed by atoms with van der Waals surface area (Å²) in [5.74, 6) is 1.69. The molecule has 116 valence electrons. The summed E-state index contributed by atoms with van der Waals surface area (Å²) in [7, 11) is 1.96. The number of benzene rings is 2. The fourth-order valence-corrected chi connectivity index (χ4v) is 3.42. The fourth-order valence-electron chi connectivity index (χ4n) is 2.54. The molecular weight excluding hydrogens is 312 g/mol. The number of hydrogen-bond acceptors (Lipinski definition) is 5. The van der Waals surface area contributed by atoms with E-state index in [1.807, 2.05) is 35.9 Å². The molecule has 0 amide bonds. The van der Waals surface area contributed by atoms with Gasteiger partial charge in [0.2, 0.25) is 6.79 Å². The summed E-state index contributed by atoms with van der Waals surface area (Å²) in [6, 6.07) is 13.2. The van der Waals surface area contributed by atoms with Crippen molar-refractivity contribution in [3.63, 3.8) is 0 Å². The molecule has 2 aromatic carbocycles. The zero-order valence-electron chi connectivity index (χ0n) is 12.5. The highest BCUT2D eigenvalue weighted by molar-refractivity contribution is 7.99. The first-order chi connectivity index (χ1) is 11.2. The van der Waals surface area contributed by atoms with Crippen LogP contribution >= 0.6 is 11.8 Å². The standard InChI is InChI=1S/C17H14N2O3S/c1-19-13-5-3-2-4-12(13)18-17(19)23-9-14(20)11-6-7-15-16(8-11)22-10-21-15/h2-8H,9-10H2,1H3. The molecule has 0 spiro atoms. The quantitative estimate of drug-likeness (QED) is 0.544. The second-order valence-electron chi connectivity index (χ2n) is 5.22. The maximum Gasteiger partial charge on any atom is 0.231 e. The SMILES string of the molecule is Cn1c(SCC(=O)c2ccc3c(c2)OCO3)nc2ccccc21. The summed E-state index contributed by atoms with van der Waals surface area (Å²) in [5, 5.41) is 0.834. The van der Waals surface area contributed by atoms with Crippen LogP contribution in [0.2, 0.25) is 0 Å². The summed E-state index contributed by atoms with van der Waals surface area (Å²) in [4.78, 5) is 17.0. The molecule has 1 aliphatic rings. The Morgan fingerprint density at radius 1 is 1.22 bits per heavy atom. The van der Waals surface area contributed by atoms with Crippen molar-refractivity contribution in [2.75, 3.05) is 12.5 Å². The Labute approximate surface area is 137 Å². The smallest absolute Gasteiger partial charge is 0.231 e. The van der Waals surface area contributed by atoms with Gasteiger partial charge in [-0.2, -0.15) is 0 Å². The normalized spacial score (nSPS) is 12.7. The van der Waals surface area contributed by atoms with E-state index < -0.39 is 0 Å². The first-order valence-electron chi connectivity index (χ1n) is 7.19. The number of nitrogens with zero attached hydrogens (tertiary/aromatic N) is 2. The van der Waals surface area contributed by atoms with Crippen molar-refractivity contribution in [1.82, 2.24) is 9.55 Å². The summed E-state index contributed by atoms with van der Waals surface area (Å²) < 4.78 is 12.6. The van der Waals surface area contributed by atoms with Crippen molar-refractivity contribution in [3.05, 3.63) is 48.0 Å². The minimum Gasteiger partial charge on any atom is -0.454 e. The largest absolute Gasteiger partial charge is 0.454 e. The number of ketones is 1. The van der Waals surface area contributed by atoms with E-state index in [4.69, 9.17) is 9.47 Å². The van der Waals surface area contributed by atoms with Crippen LogP contribution < -0.4 is 9.47 Å². The molecule has 0 bridgehead atoms. The van der Waals surface area contributed by atoms with Gasteiger partial charge < -0.3 is 14.0 Å². The van der Waals surface area contributed by atoms with Gasteiger partial charge in [-0.05, 0) is 30.3 Å². The van der Waals surface area contributed by atoms with Crippen molar-refractivity contribution in [2.24, 2.45) is 7.05 Å². The van der Waals surface area contributed by atoms with Crippen LogP contribution in [0.4, 0.5) is 0 Å². The van der Waals surface area contributed by atoms with Crippen LogP contribution in [-0.2, 0) is 7.05 Å². The molecule has 1 aliphatic heterocycles. The first-order valence-corrected chi connectivity index (χ1v) is 8.18. The van der Waals surface area contributed by atoms with E-state index in [2.05, 4.69) is 4.98 Å². The maximum atomic E-state index is 12.4. The van der Waals surface area contributed by atoms with Crippen LogP contribution in [0.15, 0.2) is 47.6 Å². The molecule has 0 saturated carbocycles. The summed E-state index contributed by atoms with van der Waals surface area (Å²) in [6.45, 7) is 0.210. The minimum absolute atomic E-state index is 0.0420. The lowest BCUT2D eigenvalue weighted by molar-refractivity contribution is 0.102. The van der Waals surface area contributed by atoms with Gasteiger partial charge in [-0.1, -0.05) is 23.9 Å². The van der Waals surface area contributed by atoms with Gasteiger partial charge in [0.25, 0.3) is 0 Å². The molecule has 0 N–H and O–H groups in total. The van der Waals surface area contributed by atoms with E-state index in [0.29, 0.717) is 22.8 Å². The van der Waals surface area contributed by atoms with Crippen LogP contribution in [0.1, 0.15) is 10.4 Å². The Bertz CT molecular complexity index is 904. The molecule has 0 radical (unpaired) electrons. The predicted molar refractivity (Wildman–Crippen MR) is 88.3 cm³/mol. The average molecular weight is 326 g/mol. The summed E-state index contributed by atoms with van der Waals surface area (Å²) in [6.07, 6.45) is 0. The second kappa shape index (κ2) is 5.62. The Morgan fingerprint density at radius 3 is 2.91 bits per heavy atom. The molecule has 4 rings (SSSR count). The number of ether oxygens (including phenoxy) is 2. The van der Waals surface area contributed by atoms with Crippen molar-refractivity contribution in [3.8, 4) is 11.5 Å². The molecule has 3 aromatic rings. The zero-order valence-corrected chi connectivity index (χ0v) is 13.3. The number of aromatic nitrogens is 2. The number of para-hydroxylation sites is 2. The fraction of sp³-hybridized carbons (Fsp3) is 0.176. The molecule has 1 aromatic heterocycles. The number of aryl methyl sites for hydroxylation is 1. The number of carbonyl (C=O) groups is 1. The molecule has 23 heavy (non-hydrogen) atoms. The highest BCUT2D eigenvalue weighted by Crippen LogP contribution is 2.33. The number of fused-ring (bicyclic) bond motifs is 2. The van der Waals surface area contributed by atoms with Gasteiger partial charge in [0.05, 0.1) is 16.8 Å². The molecule has 0 aliphatic carbocycles. The van der Waals surface area contributed by atoms with Crippen molar-refractivity contribution < 1.29 is 14.3 Å². The number of Topliss-reactive ketones (excluding diaryl/α,β-unsaturated/α-hetero) is 1. The van der Waals surface area contributed by atoms with Crippen molar-refractivity contribution in [1.29, 1.82) is 0 Å². The number of thioether (sulfide) groups is 1. The van der Waals surface area contributed by atoms with E-state index in [1.54, 1.807) is 18.2 Å². The van der Waals surface area contributed by atoms with Crippen LogP contribution in [0.25, 0.3) is 11.0 Å². The summed E-state index contributed by atoms with van der Waals surface area (Å²) in [5.41, 5.74) is 2.62. The number of carbonyl (C=O) groups excluding carboxylic acids is 1. The number of hydrogen-bond donors (Lipinski definition) is 0. The Kier molecular flexibility index (Phi) is 3.46. The third-order valence-corrected chi connectivity index (χ3v) is 4.80. The molecule has 0 unspecified atom stereocenters. The van der Waals surface area contributed by atoms with Crippen LogP contribution in [0.5, 0.6) is 11.5 Å². The van der Waals surface area contributed by atoms with Gasteiger partial charge in [-0.15, -0.1) is 0 Å². The lowest BCUT2D eigenvalue weighted by Crippen LogP contribution is -2.03. The predicted octanol–water partition coefficient (Wildman–Crippen LogP) is 3.28. The van der Waals surface area contributed by atoms with Gasteiger partial charge in [0.1, 0.15) is 0 Å². The minimum atomic E-state index is 0.0420. The lowest BCUT2D eigenvalue weighted by Gasteiger charge is -2.03. The van der Waals surface area contributed by atoms with Gasteiger partial charge in [0.15, 0.2) is 22.4 Å². The van der Waals surface area contributed by atoms with E-state index in [9.17, 15) is 4.79 Å². The molecule has 5 nitrogen and oxygen atoms in total. The van der Waals surface area contributed by atoms with Gasteiger partial charge >= 0.3 is 0 Å². The Morgan fingerprint density at radius 2 is 2.04 bits per heavy atom. The van der Waals surface area contributed by atoms with Gasteiger partial charge in [0, 0.05) is 12.6 Å². The van der Waals surface area contributed by atoms with Crippen LogP contribution in [0.3, 0.4) is 0 Å². The van der Waals surface area contributed by atoms with Crippen LogP contribution in [0, 0.1) is 0 Å². The van der Waals surface area contributed by atoms with E-state index in [0.717, 1.165) is 16.2 Å². The molecule has 2 heterocycles. The van der Waals surface area contributed by atoms with Gasteiger partial charge in [-0.3, -0.25) is 4.79 Å². The molecule has 0 atom stereocenters. The second-order valence-corrected chi connectivity index (χ2v) is 6.16. The van der Waals surface area contributed by atoms with Gasteiger partial charge in [-0.25, -0.2) is 4.98 Å². The maximum absolute atomic E-state index is 12.4. The highest BCUT2D eigenvalue weighted by atomic mass is 32.2. The molecule has 0 fully saturated rings. The van der Waals surface area contributed by atoms with E-state index >= 15 is 0 Å². The molecule has 6 heteroatoms. The first kappa shape index (κ1) is 14.1. The lowest BCUT2D eigenvalue weighted by atomic mass is 10.1. The molecule has 0 saturated heterocycles. The number of rotatable bonds is 4. The van der Waals surface area contributed by atoms with Crippen molar-refractivity contribution in [2.45, 2.75) is 5.16 Å².